The lowest BCUT2D eigenvalue weighted by atomic mass is 9.93. The summed E-state index contributed by atoms with van der Waals surface area (Å²) in [5.41, 5.74) is 5.59. The van der Waals surface area contributed by atoms with Gasteiger partial charge >= 0.3 is 0 Å². The number of pyridine rings is 1. The SMILES string of the molecule is C=CC(=O)N[C@H](C)c1cc(-c2nc(-c3ccc4c(c3)CN(CC(=O)N(C)C)CC4)c3sccc3c2-c2c(F)cc(F)cc2OCCOC)n[nH]1. The second-order valence-electron chi connectivity index (χ2n) is 12.3. The van der Waals surface area contributed by atoms with Crippen LogP contribution in [0.15, 0.2) is 60.5 Å². The van der Waals surface area contributed by atoms with Crippen LogP contribution in [0.1, 0.15) is 29.8 Å². The maximum atomic E-state index is 16.0. The van der Waals surface area contributed by atoms with Gasteiger partial charge in [-0.05, 0) is 54.1 Å². The van der Waals surface area contributed by atoms with Crippen molar-refractivity contribution in [2.75, 3.05) is 47.5 Å². The van der Waals surface area contributed by atoms with E-state index in [2.05, 4.69) is 39.1 Å². The highest BCUT2D eigenvalue weighted by atomic mass is 32.1. The molecule has 0 fully saturated rings. The highest BCUT2D eigenvalue weighted by Gasteiger charge is 2.28. The Balaban J connectivity index is 1.53. The van der Waals surface area contributed by atoms with Crippen LogP contribution in [-0.4, -0.2) is 84.3 Å². The maximum absolute atomic E-state index is 16.0. The van der Waals surface area contributed by atoms with Gasteiger partial charge in [-0.15, -0.1) is 11.3 Å². The Morgan fingerprint density at radius 3 is 2.70 bits per heavy atom. The Labute approximate surface area is 292 Å². The molecule has 1 aliphatic heterocycles. The molecule has 13 heteroatoms. The van der Waals surface area contributed by atoms with Crippen molar-refractivity contribution >= 4 is 33.2 Å². The number of halogens is 2. The molecule has 260 valence electrons. The Morgan fingerprint density at radius 1 is 1.12 bits per heavy atom. The summed E-state index contributed by atoms with van der Waals surface area (Å²) < 4.78 is 42.5. The molecule has 0 radical (unpaired) electrons. The van der Waals surface area contributed by atoms with E-state index in [9.17, 15) is 14.0 Å². The molecule has 0 unspecified atom stereocenters. The molecule has 2 N–H and O–H groups in total. The molecule has 1 aliphatic rings. The van der Waals surface area contributed by atoms with Crippen molar-refractivity contribution in [2.45, 2.75) is 25.9 Å². The van der Waals surface area contributed by atoms with E-state index in [1.165, 1.54) is 30.1 Å². The highest BCUT2D eigenvalue weighted by Crippen LogP contribution is 2.47. The lowest BCUT2D eigenvalue weighted by Gasteiger charge is -2.29. The van der Waals surface area contributed by atoms with Crippen LogP contribution in [0.25, 0.3) is 43.9 Å². The molecule has 10 nitrogen and oxygen atoms in total. The number of carbonyl (C=O) groups is 2. The number of benzene rings is 2. The molecule has 0 spiro atoms. The van der Waals surface area contributed by atoms with Crippen LogP contribution in [0.4, 0.5) is 8.78 Å². The van der Waals surface area contributed by atoms with Crippen LogP contribution >= 0.6 is 11.3 Å². The number of ether oxygens (including phenoxy) is 2. The lowest BCUT2D eigenvalue weighted by molar-refractivity contribution is -0.130. The second kappa shape index (κ2) is 14.9. The van der Waals surface area contributed by atoms with Gasteiger partial charge in [0.05, 0.1) is 46.5 Å². The van der Waals surface area contributed by atoms with Crippen molar-refractivity contribution < 1.29 is 27.8 Å². The molecule has 4 heterocycles. The molecule has 0 bridgehead atoms. The summed E-state index contributed by atoms with van der Waals surface area (Å²) in [6.45, 7) is 7.32. The molecular formula is C37H38F2N6O4S. The number of rotatable bonds is 12. The quantitative estimate of drug-likeness (QED) is 0.119. The molecule has 2 aromatic carbocycles. The number of nitrogens with one attached hydrogen (secondary N) is 2. The Hall–Kier alpha value is -4.98. The van der Waals surface area contributed by atoms with Gasteiger partial charge in [0, 0.05) is 62.9 Å². The number of aromatic amines is 1. The Morgan fingerprint density at radius 2 is 1.94 bits per heavy atom. The fourth-order valence-corrected chi connectivity index (χ4v) is 6.98. The number of methoxy groups -OCH3 is 1. The van der Waals surface area contributed by atoms with Crippen molar-refractivity contribution in [3.05, 3.63) is 89.0 Å². The second-order valence-corrected chi connectivity index (χ2v) is 13.2. The lowest BCUT2D eigenvalue weighted by Crippen LogP contribution is -2.39. The maximum Gasteiger partial charge on any atom is 0.243 e. The number of carbonyl (C=O) groups excluding carboxylic acids is 2. The number of hydrogen-bond donors (Lipinski definition) is 2. The molecule has 0 saturated heterocycles. The third-order valence-electron chi connectivity index (χ3n) is 8.70. The number of hydrogen-bond acceptors (Lipinski definition) is 8. The standard InChI is InChI=1S/C37H38F2N6O4S/c1-6-31(46)40-21(2)28-18-29(43-42-28)36-33(34-27(39)16-25(38)17-30(34)49-13-12-48-5)26-10-14-50-37(26)35(41-36)23-8-7-22-9-11-45(19-24(22)15-23)20-32(47)44(3)4/h6-8,10,14-18,21H,1,9,11-13,19-20H2,2-5H3,(H,40,46)(H,42,43)/t21-/m1/s1. The van der Waals surface area contributed by atoms with Gasteiger partial charge in [-0.3, -0.25) is 19.6 Å². The number of nitrogens with zero attached hydrogens (tertiary/aromatic N) is 4. The summed E-state index contributed by atoms with van der Waals surface area (Å²) in [7, 11) is 5.02. The number of amides is 2. The molecule has 1 atom stereocenters. The van der Waals surface area contributed by atoms with Crippen molar-refractivity contribution in [3.8, 4) is 39.5 Å². The largest absolute Gasteiger partial charge is 0.490 e. The van der Waals surface area contributed by atoms with E-state index in [0.29, 0.717) is 46.8 Å². The zero-order valence-electron chi connectivity index (χ0n) is 28.3. The molecule has 6 rings (SSSR count). The zero-order valence-corrected chi connectivity index (χ0v) is 29.1. The van der Waals surface area contributed by atoms with Crippen LogP contribution in [0.3, 0.4) is 0 Å². The number of thiophene rings is 1. The molecule has 50 heavy (non-hydrogen) atoms. The van der Waals surface area contributed by atoms with Crippen LogP contribution in [-0.2, 0) is 27.3 Å². The molecule has 0 saturated carbocycles. The highest BCUT2D eigenvalue weighted by molar-refractivity contribution is 7.17. The predicted octanol–water partition coefficient (Wildman–Crippen LogP) is 6.13. The summed E-state index contributed by atoms with van der Waals surface area (Å²) in [6.07, 6.45) is 2.00. The summed E-state index contributed by atoms with van der Waals surface area (Å²) in [5, 5.41) is 13.0. The molecule has 5 aromatic rings. The fourth-order valence-electron chi connectivity index (χ4n) is 6.07. The molecular weight excluding hydrogens is 663 g/mol. The minimum Gasteiger partial charge on any atom is -0.490 e. The monoisotopic (exact) mass is 700 g/mol. The van der Waals surface area contributed by atoms with E-state index >= 15 is 4.39 Å². The normalized spacial score (nSPS) is 13.6. The van der Waals surface area contributed by atoms with Crippen molar-refractivity contribution in [1.82, 2.24) is 30.3 Å². The number of H-pyrrole nitrogens is 1. The first kappa shape index (κ1) is 34.9. The number of aromatic nitrogens is 3. The smallest absolute Gasteiger partial charge is 0.243 e. The molecule has 3 aromatic heterocycles. The van der Waals surface area contributed by atoms with Crippen LogP contribution in [0.2, 0.25) is 0 Å². The van der Waals surface area contributed by atoms with E-state index in [4.69, 9.17) is 14.5 Å². The molecule has 0 aliphatic carbocycles. The van der Waals surface area contributed by atoms with Crippen LogP contribution in [0, 0.1) is 11.6 Å². The summed E-state index contributed by atoms with van der Waals surface area (Å²) in [4.78, 5) is 33.5. The van der Waals surface area contributed by atoms with Gasteiger partial charge in [0.1, 0.15) is 29.7 Å². The summed E-state index contributed by atoms with van der Waals surface area (Å²) in [5.74, 6) is -1.90. The van der Waals surface area contributed by atoms with E-state index in [-0.39, 0.29) is 36.3 Å². The van der Waals surface area contributed by atoms with Crippen molar-refractivity contribution in [2.24, 2.45) is 0 Å². The first-order valence-corrected chi connectivity index (χ1v) is 17.0. The number of likely N-dealkylation sites (N-methyl/N-ethyl adjacent to an activating group) is 1. The predicted molar refractivity (Wildman–Crippen MR) is 190 cm³/mol. The van der Waals surface area contributed by atoms with E-state index in [0.717, 1.165) is 40.9 Å². The minimum atomic E-state index is -0.816. The Bertz CT molecular complexity index is 2080. The average Bonchev–Trinajstić information content (AvgIpc) is 3.79. The minimum absolute atomic E-state index is 0.00590. The van der Waals surface area contributed by atoms with E-state index < -0.39 is 17.7 Å². The Kier molecular flexibility index (Phi) is 10.4. The third-order valence-corrected chi connectivity index (χ3v) is 9.62. The first-order chi connectivity index (χ1) is 24.1. The van der Waals surface area contributed by atoms with Crippen molar-refractivity contribution in [1.29, 1.82) is 0 Å². The van der Waals surface area contributed by atoms with Crippen LogP contribution < -0.4 is 10.1 Å². The van der Waals surface area contributed by atoms with Crippen molar-refractivity contribution in [3.63, 3.8) is 0 Å². The fraction of sp³-hybridized carbons (Fsp3) is 0.297. The van der Waals surface area contributed by atoms with Gasteiger partial charge < -0.3 is 19.7 Å². The van der Waals surface area contributed by atoms with Gasteiger partial charge in [0.2, 0.25) is 11.8 Å². The zero-order chi connectivity index (χ0) is 35.5. The van der Waals surface area contributed by atoms with Gasteiger partial charge in [0.15, 0.2) is 0 Å². The molecule has 2 amide bonds. The summed E-state index contributed by atoms with van der Waals surface area (Å²) in [6, 6.07) is 11.4. The first-order valence-electron chi connectivity index (χ1n) is 16.1. The number of fused-ring (bicyclic) bond motifs is 2. The topological polar surface area (TPSA) is 113 Å². The third kappa shape index (κ3) is 7.16. The summed E-state index contributed by atoms with van der Waals surface area (Å²) >= 11 is 1.46. The van der Waals surface area contributed by atoms with Gasteiger partial charge in [-0.2, -0.15) is 5.10 Å². The average molecular weight is 701 g/mol. The van der Waals surface area contributed by atoms with Crippen LogP contribution in [0.5, 0.6) is 5.75 Å². The van der Waals surface area contributed by atoms with Gasteiger partial charge in [-0.25, -0.2) is 13.8 Å². The van der Waals surface area contributed by atoms with Gasteiger partial charge in [-0.1, -0.05) is 18.7 Å². The van der Waals surface area contributed by atoms with E-state index in [1.807, 2.05) is 17.5 Å². The van der Waals surface area contributed by atoms with E-state index in [1.54, 1.807) is 32.0 Å². The van der Waals surface area contributed by atoms with Gasteiger partial charge in [0.25, 0.3) is 0 Å².